The predicted octanol–water partition coefficient (Wildman–Crippen LogP) is 2.15. The van der Waals surface area contributed by atoms with Crippen molar-refractivity contribution < 1.29 is 13.2 Å². The fraction of sp³-hybridized carbons (Fsp3) is 0.182. The van der Waals surface area contributed by atoms with Gasteiger partial charge in [-0.2, -0.15) is 0 Å². The maximum atomic E-state index is 11.8. The van der Waals surface area contributed by atoms with E-state index in [1.807, 2.05) is 18.2 Å². The van der Waals surface area contributed by atoms with Crippen LogP contribution in [0.2, 0.25) is 4.47 Å². The van der Waals surface area contributed by atoms with Crippen LogP contribution in [0.3, 0.4) is 0 Å². The molecule has 1 aromatic carbocycles. The van der Waals surface area contributed by atoms with Gasteiger partial charge in [-0.3, -0.25) is 0 Å². The molecule has 8 heteroatoms. The molecular formula is C11H11ClN2O3S2. The number of hydrogen-bond donors (Lipinski definition) is 1. The number of nitrogens with one attached hydrogen (secondary N) is 1. The number of para-hydroxylation sites is 1. The van der Waals surface area contributed by atoms with E-state index in [4.69, 9.17) is 16.3 Å². The summed E-state index contributed by atoms with van der Waals surface area (Å²) in [6.07, 6.45) is 1.23. The Morgan fingerprint density at radius 3 is 2.68 bits per heavy atom. The van der Waals surface area contributed by atoms with Gasteiger partial charge < -0.3 is 4.74 Å². The number of benzene rings is 1. The molecule has 0 unspecified atom stereocenters. The monoisotopic (exact) mass is 318 g/mol. The molecule has 0 aliphatic carbocycles. The van der Waals surface area contributed by atoms with Gasteiger partial charge in [0, 0.05) is 6.54 Å². The molecule has 0 spiro atoms. The first-order valence-electron chi connectivity index (χ1n) is 5.37. The molecule has 2 aromatic rings. The molecule has 102 valence electrons. The van der Waals surface area contributed by atoms with Crippen LogP contribution in [0.4, 0.5) is 0 Å². The van der Waals surface area contributed by atoms with Crippen molar-refractivity contribution in [1.82, 2.24) is 9.71 Å². The van der Waals surface area contributed by atoms with Crippen LogP contribution in [0.15, 0.2) is 40.7 Å². The van der Waals surface area contributed by atoms with Gasteiger partial charge in [-0.25, -0.2) is 18.1 Å². The molecule has 0 atom stereocenters. The van der Waals surface area contributed by atoms with Crippen molar-refractivity contribution in [2.45, 2.75) is 4.21 Å². The van der Waals surface area contributed by atoms with Gasteiger partial charge in [0.25, 0.3) is 10.0 Å². The van der Waals surface area contributed by atoms with E-state index in [0.717, 1.165) is 11.3 Å². The summed E-state index contributed by atoms with van der Waals surface area (Å²) in [7, 11) is -3.55. The number of aromatic nitrogens is 1. The van der Waals surface area contributed by atoms with Gasteiger partial charge >= 0.3 is 0 Å². The summed E-state index contributed by atoms with van der Waals surface area (Å²) < 4.78 is 31.7. The van der Waals surface area contributed by atoms with Crippen LogP contribution in [0, 0.1) is 0 Å². The number of halogens is 1. The molecule has 0 saturated carbocycles. The maximum Gasteiger partial charge on any atom is 0.251 e. The highest BCUT2D eigenvalue weighted by Gasteiger charge is 2.16. The van der Waals surface area contributed by atoms with Crippen molar-refractivity contribution >= 4 is 33.0 Å². The molecule has 1 heterocycles. The first kappa shape index (κ1) is 14.3. The molecule has 19 heavy (non-hydrogen) atoms. The Morgan fingerprint density at radius 2 is 2.05 bits per heavy atom. The fourth-order valence-electron chi connectivity index (χ4n) is 1.30. The highest BCUT2D eigenvalue weighted by molar-refractivity contribution is 7.91. The first-order valence-corrected chi connectivity index (χ1v) is 8.04. The quantitative estimate of drug-likeness (QED) is 0.829. The van der Waals surface area contributed by atoms with Crippen molar-refractivity contribution in [2.24, 2.45) is 0 Å². The minimum absolute atomic E-state index is 0.0946. The second-order valence-corrected chi connectivity index (χ2v) is 7.10. The minimum Gasteiger partial charge on any atom is -0.492 e. The Hall–Kier alpha value is -1.15. The Labute approximate surface area is 120 Å². The highest BCUT2D eigenvalue weighted by Crippen LogP contribution is 2.21. The summed E-state index contributed by atoms with van der Waals surface area (Å²) in [6.45, 7) is 0.419. The van der Waals surface area contributed by atoms with E-state index >= 15 is 0 Å². The van der Waals surface area contributed by atoms with E-state index in [-0.39, 0.29) is 21.8 Å². The highest BCUT2D eigenvalue weighted by atomic mass is 35.5. The van der Waals surface area contributed by atoms with Gasteiger partial charge in [0.2, 0.25) is 0 Å². The Bertz CT molecular complexity index is 628. The van der Waals surface area contributed by atoms with E-state index < -0.39 is 10.0 Å². The first-order chi connectivity index (χ1) is 9.08. The van der Waals surface area contributed by atoms with Crippen LogP contribution in [-0.4, -0.2) is 26.6 Å². The molecule has 1 N–H and O–H groups in total. The van der Waals surface area contributed by atoms with E-state index in [9.17, 15) is 8.42 Å². The third-order valence-electron chi connectivity index (χ3n) is 2.13. The lowest BCUT2D eigenvalue weighted by molar-refractivity contribution is 0.323. The van der Waals surface area contributed by atoms with Crippen molar-refractivity contribution in [3.63, 3.8) is 0 Å². The van der Waals surface area contributed by atoms with Crippen molar-refractivity contribution in [2.75, 3.05) is 13.2 Å². The smallest absolute Gasteiger partial charge is 0.251 e. The third-order valence-corrected chi connectivity index (χ3v) is 5.16. The molecule has 1 aromatic heterocycles. The Morgan fingerprint density at radius 1 is 1.32 bits per heavy atom. The Kier molecular flexibility index (Phi) is 4.76. The lowest BCUT2D eigenvalue weighted by Crippen LogP contribution is -2.27. The standard InChI is InChI=1S/C11H11ClN2O3S2/c12-11-13-8-10(18-11)19(15,16)14-6-7-17-9-4-2-1-3-5-9/h1-5,8,14H,6-7H2. The van der Waals surface area contributed by atoms with Gasteiger partial charge in [0.05, 0.1) is 6.20 Å². The number of nitrogens with zero attached hydrogens (tertiary/aromatic N) is 1. The molecule has 0 aliphatic heterocycles. The summed E-state index contributed by atoms with van der Waals surface area (Å²) in [6, 6.07) is 9.18. The van der Waals surface area contributed by atoms with Crippen LogP contribution in [-0.2, 0) is 10.0 Å². The third kappa shape index (κ3) is 4.17. The topological polar surface area (TPSA) is 68.3 Å². The largest absolute Gasteiger partial charge is 0.492 e. The van der Waals surface area contributed by atoms with Gasteiger partial charge in [-0.15, -0.1) is 0 Å². The van der Waals surface area contributed by atoms with Crippen molar-refractivity contribution in [3.8, 4) is 5.75 Å². The molecule has 5 nitrogen and oxygen atoms in total. The zero-order valence-electron chi connectivity index (χ0n) is 9.74. The molecule has 0 aliphatic rings. The maximum absolute atomic E-state index is 11.8. The van der Waals surface area contributed by atoms with E-state index in [0.29, 0.717) is 5.75 Å². The summed E-state index contributed by atoms with van der Waals surface area (Å²) in [5, 5.41) is 0. The predicted molar refractivity (Wildman–Crippen MR) is 74.2 cm³/mol. The lowest BCUT2D eigenvalue weighted by Gasteiger charge is -2.06. The summed E-state index contributed by atoms with van der Waals surface area (Å²) >= 11 is 6.51. The molecular weight excluding hydrogens is 308 g/mol. The summed E-state index contributed by atoms with van der Waals surface area (Å²) in [4.78, 5) is 3.69. The van der Waals surface area contributed by atoms with E-state index in [1.54, 1.807) is 12.1 Å². The second-order valence-electron chi connectivity index (χ2n) is 3.49. The molecule has 0 bridgehead atoms. The molecule has 0 fully saturated rings. The van der Waals surface area contributed by atoms with Gasteiger partial charge in [-0.1, -0.05) is 41.1 Å². The second kappa shape index (κ2) is 6.33. The number of ether oxygens (including phenoxy) is 1. The molecule has 2 rings (SSSR count). The van der Waals surface area contributed by atoms with Crippen LogP contribution in [0.1, 0.15) is 0 Å². The van der Waals surface area contributed by atoms with Crippen LogP contribution in [0.25, 0.3) is 0 Å². The Balaban J connectivity index is 1.83. The molecule has 0 radical (unpaired) electrons. The number of rotatable bonds is 6. The minimum atomic E-state index is -3.55. The fourth-order valence-corrected chi connectivity index (χ4v) is 3.65. The van der Waals surface area contributed by atoms with Crippen molar-refractivity contribution in [1.29, 1.82) is 0 Å². The zero-order valence-corrected chi connectivity index (χ0v) is 12.1. The van der Waals surface area contributed by atoms with Gasteiger partial charge in [0.1, 0.15) is 12.4 Å². The summed E-state index contributed by atoms with van der Waals surface area (Å²) in [5.41, 5.74) is 0. The number of sulfonamides is 1. The lowest BCUT2D eigenvalue weighted by atomic mass is 10.3. The van der Waals surface area contributed by atoms with Crippen molar-refractivity contribution in [3.05, 3.63) is 41.0 Å². The zero-order chi connectivity index (χ0) is 13.7. The van der Waals surface area contributed by atoms with Crippen LogP contribution < -0.4 is 9.46 Å². The summed E-state index contributed by atoms with van der Waals surface area (Å²) in [5.74, 6) is 0.697. The van der Waals surface area contributed by atoms with Gasteiger partial charge in [0.15, 0.2) is 8.68 Å². The molecule has 0 saturated heterocycles. The van der Waals surface area contributed by atoms with Crippen LogP contribution >= 0.6 is 22.9 Å². The van der Waals surface area contributed by atoms with E-state index in [2.05, 4.69) is 9.71 Å². The number of hydrogen-bond acceptors (Lipinski definition) is 5. The average molecular weight is 319 g/mol. The number of thiazole rings is 1. The van der Waals surface area contributed by atoms with Gasteiger partial charge in [-0.05, 0) is 12.1 Å². The average Bonchev–Trinajstić information content (AvgIpc) is 2.84. The van der Waals surface area contributed by atoms with E-state index in [1.165, 1.54) is 6.20 Å². The SMILES string of the molecule is O=S(=O)(NCCOc1ccccc1)c1cnc(Cl)s1. The molecule has 0 amide bonds. The normalized spacial score (nSPS) is 11.4. The van der Waals surface area contributed by atoms with Crippen LogP contribution in [0.5, 0.6) is 5.75 Å².